The average Bonchev–Trinajstić information content (AvgIpc) is 2.78. The molecule has 0 N–H and O–H groups in total. The summed E-state index contributed by atoms with van der Waals surface area (Å²) in [5.74, 6) is 0.0597. The molecule has 2 amide bonds. The van der Waals surface area contributed by atoms with Gasteiger partial charge in [0.2, 0.25) is 11.8 Å². The number of hydrogen-bond acceptors (Lipinski definition) is 2. The SMILES string of the molecule is CC(=O)N1CCN(C(=O)[C@@]2(C)CC2(Cl)Cl)CC1. The van der Waals surface area contributed by atoms with E-state index in [0.29, 0.717) is 32.6 Å². The summed E-state index contributed by atoms with van der Waals surface area (Å²) in [4.78, 5) is 26.9. The second kappa shape index (κ2) is 4.02. The molecular formula is C11H16Cl2N2O2. The van der Waals surface area contributed by atoms with Gasteiger partial charge in [0.1, 0.15) is 4.33 Å². The summed E-state index contributed by atoms with van der Waals surface area (Å²) in [5, 5.41) is 0. The zero-order valence-electron chi connectivity index (χ0n) is 10.0. The van der Waals surface area contributed by atoms with Crippen LogP contribution in [0.5, 0.6) is 0 Å². The van der Waals surface area contributed by atoms with Crippen LogP contribution in [0.4, 0.5) is 0 Å². The Hall–Kier alpha value is -0.480. The minimum absolute atomic E-state index is 0.00528. The molecule has 0 aromatic rings. The van der Waals surface area contributed by atoms with Gasteiger partial charge in [-0.15, -0.1) is 23.2 Å². The molecular weight excluding hydrogens is 263 g/mol. The van der Waals surface area contributed by atoms with Crippen LogP contribution in [-0.4, -0.2) is 52.1 Å². The summed E-state index contributed by atoms with van der Waals surface area (Å²) in [6.45, 7) is 5.66. The molecule has 1 saturated carbocycles. The van der Waals surface area contributed by atoms with Crippen LogP contribution < -0.4 is 0 Å². The molecule has 2 aliphatic rings. The van der Waals surface area contributed by atoms with E-state index in [1.54, 1.807) is 23.6 Å². The molecule has 1 saturated heterocycles. The normalized spacial score (nSPS) is 31.3. The highest BCUT2D eigenvalue weighted by molar-refractivity contribution is 6.53. The highest BCUT2D eigenvalue weighted by Crippen LogP contribution is 2.64. The third kappa shape index (κ3) is 2.13. The van der Waals surface area contributed by atoms with Crippen molar-refractivity contribution in [2.75, 3.05) is 26.2 Å². The van der Waals surface area contributed by atoms with Crippen molar-refractivity contribution in [3.8, 4) is 0 Å². The molecule has 2 fully saturated rings. The topological polar surface area (TPSA) is 40.6 Å². The highest BCUT2D eigenvalue weighted by atomic mass is 35.5. The summed E-state index contributed by atoms with van der Waals surface area (Å²) in [6, 6.07) is 0. The summed E-state index contributed by atoms with van der Waals surface area (Å²) < 4.78 is -0.915. The summed E-state index contributed by atoms with van der Waals surface area (Å²) in [7, 11) is 0. The number of nitrogens with zero attached hydrogens (tertiary/aromatic N) is 2. The first-order valence-corrected chi connectivity index (χ1v) is 6.46. The van der Waals surface area contributed by atoms with Gasteiger partial charge in [-0.2, -0.15) is 0 Å². The van der Waals surface area contributed by atoms with Gasteiger partial charge in [-0.25, -0.2) is 0 Å². The van der Waals surface area contributed by atoms with Crippen molar-refractivity contribution in [3.05, 3.63) is 0 Å². The zero-order chi connectivity index (χ0) is 12.8. The lowest BCUT2D eigenvalue weighted by atomic mass is 10.1. The van der Waals surface area contributed by atoms with E-state index in [1.807, 2.05) is 0 Å². The fourth-order valence-electron chi connectivity index (χ4n) is 2.21. The van der Waals surface area contributed by atoms with Gasteiger partial charge in [0, 0.05) is 33.1 Å². The quantitative estimate of drug-likeness (QED) is 0.678. The van der Waals surface area contributed by atoms with Crippen molar-refractivity contribution in [1.29, 1.82) is 0 Å². The lowest BCUT2D eigenvalue weighted by Crippen LogP contribution is -2.52. The monoisotopic (exact) mass is 278 g/mol. The van der Waals surface area contributed by atoms with Crippen LogP contribution in [0.15, 0.2) is 0 Å². The van der Waals surface area contributed by atoms with Gasteiger partial charge in [-0.05, 0) is 13.3 Å². The van der Waals surface area contributed by atoms with Crippen molar-refractivity contribution in [2.24, 2.45) is 5.41 Å². The number of carbonyl (C=O) groups excluding carboxylic acids is 2. The third-order valence-corrected chi connectivity index (χ3v) is 4.84. The van der Waals surface area contributed by atoms with Crippen molar-refractivity contribution in [3.63, 3.8) is 0 Å². The predicted molar refractivity (Wildman–Crippen MR) is 66.0 cm³/mol. The van der Waals surface area contributed by atoms with Crippen LogP contribution in [0.1, 0.15) is 20.3 Å². The molecule has 0 radical (unpaired) electrons. The number of carbonyl (C=O) groups is 2. The minimum Gasteiger partial charge on any atom is -0.339 e. The van der Waals surface area contributed by atoms with Crippen LogP contribution in [0.3, 0.4) is 0 Å². The Morgan fingerprint density at radius 2 is 1.47 bits per heavy atom. The van der Waals surface area contributed by atoms with Crippen LogP contribution >= 0.6 is 23.2 Å². The largest absolute Gasteiger partial charge is 0.339 e. The lowest BCUT2D eigenvalue weighted by Gasteiger charge is -2.35. The van der Waals surface area contributed by atoms with E-state index in [-0.39, 0.29) is 11.8 Å². The molecule has 17 heavy (non-hydrogen) atoms. The number of piperazine rings is 1. The molecule has 6 heteroatoms. The Morgan fingerprint density at radius 3 is 1.82 bits per heavy atom. The van der Waals surface area contributed by atoms with Crippen molar-refractivity contribution >= 4 is 35.0 Å². The highest BCUT2D eigenvalue weighted by Gasteiger charge is 2.68. The molecule has 1 heterocycles. The molecule has 96 valence electrons. The van der Waals surface area contributed by atoms with E-state index in [4.69, 9.17) is 23.2 Å². The Balaban J connectivity index is 1.94. The first kappa shape index (κ1) is 13.0. The Morgan fingerprint density at radius 1 is 1.06 bits per heavy atom. The number of rotatable bonds is 1. The van der Waals surface area contributed by atoms with Crippen molar-refractivity contribution in [2.45, 2.75) is 24.6 Å². The second-order valence-corrected chi connectivity index (χ2v) is 6.50. The number of alkyl halides is 2. The maximum atomic E-state index is 12.2. The molecule has 1 atom stereocenters. The first-order valence-electron chi connectivity index (χ1n) is 5.71. The summed E-state index contributed by atoms with van der Waals surface area (Å²) >= 11 is 12.0. The minimum atomic E-state index is -0.915. The maximum Gasteiger partial charge on any atom is 0.231 e. The number of halogens is 2. The zero-order valence-corrected chi connectivity index (χ0v) is 11.5. The molecule has 0 aromatic carbocycles. The van der Waals surface area contributed by atoms with Crippen LogP contribution in [0.2, 0.25) is 0 Å². The van der Waals surface area contributed by atoms with E-state index in [9.17, 15) is 9.59 Å². The van der Waals surface area contributed by atoms with Gasteiger partial charge in [0.25, 0.3) is 0 Å². The molecule has 0 bridgehead atoms. The second-order valence-electron chi connectivity index (χ2n) is 5.01. The van der Waals surface area contributed by atoms with Gasteiger partial charge in [0.05, 0.1) is 5.41 Å². The van der Waals surface area contributed by atoms with Gasteiger partial charge >= 0.3 is 0 Å². The standard InChI is InChI=1S/C11H16Cl2N2O2/c1-8(16)14-3-5-15(6-4-14)9(17)10(2)7-11(10,12)13/h3-7H2,1-2H3/t10-/m1/s1. The van der Waals surface area contributed by atoms with Crippen molar-refractivity contribution < 1.29 is 9.59 Å². The Labute approximate surface area is 111 Å². The van der Waals surface area contributed by atoms with Crippen LogP contribution in [0.25, 0.3) is 0 Å². The first-order chi connectivity index (χ1) is 7.78. The Bertz CT molecular complexity index is 364. The van der Waals surface area contributed by atoms with E-state index in [1.165, 1.54) is 0 Å². The molecule has 1 aliphatic heterocycles. The maximum absolute atomic E-state index is 12.2. The smallest absolute Gasteiger partial charge is 0.231 e. The molecule has 1 aliphatic carbocycles. The van der Waals surface area contributed by atoms with E-state index in [2.05, 4.69) is 0 Å². The van der Waals surface area contributed by atoms with E-state index >= 15 is 0 Å². The van der Waals surface area contributed by atoms with Crippen LogP contribution in [-0.2, 0) is 9.59 Å². The van der Waals surface area contributed by atoms with Crippen LogP contribution in [0, 0.1) is 5.41 Å². The summed E-state index contributed by atoms with van der Waals surface area (Å²) in [6.07, 6.45) is 0.509. The third-order valence-electron chi connectivity index (χ3n) is 3.74. The molecule has 0 spiro atoms. The van der Waals surface area contributed by atoms with Crippen molar-refractivity contribution in [1.82, 2.24) is 9.80 Å². The fourth-order valence-corrected chi connectivity index (χ4v) is 2.90. The van der Waals surface area contributed by atoms with Gasteiger partial charge in [0.15, 0.2) is 0 Å². The van der Waals surface area contributed by atoms with Gasteiger partial charge in [-0.1, -0.05) is 0 Å². The van der Waals surface area contributed by atoms with E-state index in [0.717, 1.165) is 0 Å². The molecule has 0 unspecified atom stereocenters. The fraction of sp³-hybridized carbons (Fsp3) is 0.818. The lowest BCUT2D eigenvalue weighted by molar-refractivity contribution is -0.142. The Kier molecular flexibility index (Phi) is 3.07. The van der Waals surface area contributed by atoms with E-state index < -0.39 is 9.75 Å². The molecule has 4 nitrogen and oxygen atoms in total. The molecule has 2 rings (SSSR count). The summed E-state index contributed by atoms with van der Waals surface area (Å²) in [5.41, 5.74) is -0.644. The predicted octanol–water partition coefficient (Wildman–Crippen LogP) is 1.26. The number of hydrogen-bond donors (Lipinski definition) is 0. The number of amides is 2. The average molecular weight is 279 g/mol. The molecule has 0 aromatic heterocycles. The van der Waals surface area contributed by atoms with Gasteiger partial charge < -0.3 is 9.80 Å². The van der Waals surface area contributed by atoms with Gasteiger partial charge in [-0.3, -0.25) is 9.59 Å².